The second-order valence-electron chi connectivity index (χ2n) is 7.16. The van der Waals surface area contributed by atoms with Gasteiger partial charge in [0.05, 0.1) is 34.1 Å². The number of carbonyl (C=O) groups is 1. The third kappa shape index (κ3) is 3.77. The number of benzene rings is 3. The molecule has 1 heterocycles. The SMILES string of the molecule is COc1cccc([C@@H]2[C@H](Oc3ccccc3)C(=O)N2c2cc(OC)c(OC)c(OC)c2)c1. The Balaban J connectivity index is 1.77. The van der Waals surface area contributed by atoms with Crippen molar-refractivity contribution in [3.63, 3.8) is 0 Å². The maximum atomic E-state index is 13.3. The maximum absolute atomic E-state index is 13.3. The van der Waals surface area contributed by atoms with Crippen LogP contribution in [0, 0.1) is 0 Å². The summed E-state index contributed by atoms with van der Waals surface area (Å²) in [4.78, 5) is 15.0. The van der Waals surface area contributed by atoms with Crippen molar-refractivity contribution in [2.75, 3.05) is 33.3 Å². The number of amides is 1. The standard InChI is InChI=1S/C25H25NO6/c1-28-19-12-8-9-16(13-19)22-24(32-18-10-6-5-7-11-18)25(27)26(22)17-14-20(29-2)23(31-4)21(15-17)30-3/h5-15,22,24H,1-4H3/t22-,24+/m1/s1. The number of rotatable bonds is 8. The van der Waals surface area contributed by atoms with E-state index in [1.807, 2.05) is 54.6 Å². The van der Waals surface area contributed by atoms with E-state index in [1.165, 1.54) is 7.11 Å². The molecule has 0 spiro atoms. The number of β-lactam (4-membered cyclic amide) rings is 1. The van der Waals surface area contributed by atoms with E-state index >= 15 is 0 Å². The van der Waals surface area contributed by atoms with Gasteiger partial charge in [-0.3, -0.25) is 9.69 Å². The molecule has 0 bridgehead atoms. The van der Waals surface area contributed by atoms with Crippen molar-refractivity contribution in [3.05, 3.63) is 72.3 Å². The highest BCUT2D eigenvalue weighted by Gasteiger charge is 2.51. The molecule has 0 aliphatic carbocycles. The molecule has 0 saturated carbocycles. The lowest BCUT2D eigenvalue weighted by molar-refractivity contribution is -0.135. The van der Waals surface area contributed by atoms with Gasteiger partial charge in [0.2, 0.25) is 11.9 Å². The first-order valence-corrected chi connectivity index (χ1v) is 10.1. The number of methoxy groups -OCH3 is 4. The fraction of sp³-hybridized carbons (Fsp3) is 0.240. The maximum Gasteiger partial charge on any atom is 0.271 e. The molecule has 0 radical (unpaired) electrons. The molecular formula is C25H25NO6. The Labute approximate surface area is 187 Å². The van der Waals surface area contributed by atoms with Gasteiger partial charge in [-0.05, 0) is 29.8 Å². The van der Waals surface area contributed by atoms with Crippen molar-refractivity contribution in [1.82, 2.24) is 0 Å². The van der Waals surface area contributed by atoms with E-state index in [2.05, 4.69) is 0 Å². The van der Waals surface area contributed by atoms with Crippen LogP contribution < -0.4 is 28.6 Å². The van der Waals surface area contributed by atoms with Gasteiger partial charge in [0.15, 0.2) is 11.5 Å². The van der Waals surface area contributed by atoms with Gasteiger partial charge < -0.3 is 23.7 Å². The lowest BCUT2D eigenvalue weighted by atomic mass is 9.89. The van der Waals surface area contributed by atoms with Crippen LogP contribution in [0.4, 0.5) is 5.69 Å². The molecule has 4 rings (SSSR count). The van der Waals surface area contributed by atoms with Gasteiger partial charge in [-0.15, -0.1) is 0 Å². The van der Waals surface area contributed by atoms with E-state index in [1.54, 1.807) is 38.4 Å². The van der Waals surface area contributed by atoms with Crippen LogP contribution in [0.3, 0.4) is 0 Å². The zero-order valence-electron chi connectivity index (χ0n) is 18.4. The zero-order chi connectivity index (χ0) is 22.7. The van der Waals surface area contributed by atoms with Crippen LogP contribution in [-0.4, -0.2) is 40.5 Å². The summed E-state index contributed by atoms with van der Waals surface area (Å²) >= 11 is 0. The first-order chi connectivity index (χ1) is 15.6. The van der Waals surface area contributed by atoms with Gasteiger partial charge in [0.1, 0.15) is 17.5 Å². The molecule has 1 amide bonds. The van der Waals surface area contributed by atoms with Crippen LogP contribution in [0.5, 0.6) is 28.7 Å². The number of anilines is 1. The molecule has 1 fully saturated rings. The van der Waals surface area contributed by atoms with Gasteiger partial charge in [-0.25, -0.2) is 0 Å². The fourth-order valence-corrected chi connectivity index (χ4v) is 3.87. The summed E-state index contributed by atoms with van der Waals surface area (Å²) in [5.41, 5.74) is 1.50. The summed E-state index contributed by atoms with van der Waals surface area (Å²) in [6.07, 6.45) is -0.691. The van der Waals surface area contributed by atoms with Crippen LogP contribution >= 0.6 is 0 Å². The Morgan fingerprint density at radius 2 is 1.38 bits per heavy atom. The molecular weight excluding hydrogens is 410 g/mol. The van der Waals surface area contributed by atoms with Gasteiger partial charge >= 0.3 is 0 Å². The highest BCUT2D eigenvalue weighted by Crippen LogP contribution is 2.47. The van der Waals surface area contributed by atoms with E-state index < -0.39 is 6.10 Å². The Hall–Kier alpha value is -3.87. The van der Waals surface area contributed by atoms with E-state index in [9.17, 15) is 4.79 Å². The summed E-state index contributed by atoms with van der Waals surface area (Å²) in [7, 11) is 6.23. The van der Waals surface area contributed by atoms with Crippen LogP contribution in [0.15, 0.2) is 66.7 Å². The highest BCUT2D eigenvalue weighted by atomic mass is 16.5. The minimum atomic E-state index is -0.691. The van der Waals surface area contributed by atoms with Gasteiger partial charge in [-0.1, -0.05) is 30.3 Å². The number of hydrogen-bond acceptors (Lipinski definition) is 6. The second-order valence-corrected chi connectivity index (χ2v) is 7.16. The minimum Gasteiger partial charge on any atom is -0.497 e. The number of ether oxygens (including phenoxy) is 5. The van der Waals surface area contributed by atoms with Crippen molar-refractivity contribution in [2.45, 2.75) is 12.1 Å². The third-order valence-electron chi connectivity index (χ3n) is 5.41. The topological polar surface area (TPSA) is 66.5 Å². The number of hydrogen-bond donors (Lipinski definition) is 0. The molecule has 3 aromatic carbocycles. The number of para-hydroxylation sites is 1. The first kappa shape index (κ1) is 21.4. The number of nitrogens with zero attached hydrogens (tertiary/aromatic N) is 1. The molecule has 32 heavy (non-hydrogen) atoms. The first-order valence-electron chi connectivity index (χ1n) is 10.1. The van der Waals surface area contributed by atoms with E-state index in [4.69, 9.17) is 23.7 Å². The summed E-state index contributed by atoms with van der Waals surface area (Å²) in [6.45, 7) is 0. The lowest BCUT2D eigenvalue weighted by Crippen LogP contribution is -2.61. The molecule has 1 aliphatic rings. The fourth-order valence-electron chi connectivity index (χ4n) is 3.87. The Morgan fingerprint density at radius 1 is 0.719 bits per heavy atom. The van der Waals surface area contributed by atoms with Crippen molar-refractivity contribution in [2.24, 2.45) is 0 Å². The molecule has 166 valence electrons. The largest absolute Gasteiger partial charge is 0.497 e. The predicted octanol–water partition coefficient (Wildman–Crippen LogP) is 4.26. The smallest absolute Gasteiger partial charge is 0.271 e. The minimum absolute atomic E-state index is 0.170. The normalized spacial score (nSPS) is 17.4. The molecule has 2 atom stereocenters. The Morgan fingerprint density at radius 3 is 1.97 bits per heavy atom. The summed E-state index contributed by atoms with van der Waals surface area (Å²) in [5, 5.41) is 0. The molecule has 7 heteroatoms. The molecule has 0 unspecified atom stereocenters. The lowest BCUT2D eigenvalue weighted by Gasteiger charge is -2.46. The van der Waals surface area contributed by atoms with Gasteiger partial charge in [0.25, 0.3) is 5.91 Å². The molecule has 7 nitrogen and oxygen atoms in total. The zero-order valence-corrected chi connectivity index (χ0v) is 18.4. The van der Waals surface area contributed by atoms with Crippen molar-refractivity contribution >= 4 is 11.6 Å². The predicted molar refractivity (Wildman–Crippen MR) is 120 cm³/mol. The average molecular weight is 435 g/mol. The van der Waals surface area contributed by atoms with Crippen LogP contribution in [-0.2, 0) is 4.79 Å². The molecule has 0 N–H and O–H groups in total. The molecule has 3 aromatic rings. The molecule has 1 aliphatic heterocycles. The summed E-state index contributed by atoms with van der Waals surface area (Å²) in [6, 6.07) is 20.1. The Kier molecular flexibility index (Phi) is 6.07. The quantitative estimate of drug-likeness (QED) is 0.493. The second kappa shape index (κ2) is 9.09. The van der Waals surface area contributed by atoms with E-state index in [0.717, 1.165) is 5.56 Å². The summed E-state index contributed by atoms with van der Waals surface area (Å²) < 4.78 is 27.9. The van der Waals surface area contributed by atoms with E-state index in [-0.39, 0.29) is 11.9 Å². The molecule has 0 aromatic heterocycles. The number of carbonyl (C=O) groups excluding carboxylic acids is 1. The van der Waals surface area contributed by atoms with Crippen molar-refractivity contribution in [1.29, 1.82) is 0 Å². The van der Waals surface area contributed by atoms with Crippen LogP contribution in [0.2, 0.25) is 0 Å². The third-order valence-corrected chi connectivity index (χ3v) is 5.41. The molecule has 1 saturated heterocycles. The van der Waals surface area contributed by atoms with Crippen molar-refractivity contribution < 1.29 is 28.5 Å². The summed E-state index contributed by atoms with van der Waals surface area (Å²) in [5.74, 6) is 2.55. The average Bonchev–Trinajstić information content (AvgIpc) is 2.85. The van der Waals surface area contributed by atoms with Crippen molar-refractivity contribution in [3.8, 4) is 28.7 Å². The van der Waals surface area contributed by atoms with Crippen LogP contribution in [0.1, 0.15) is 11.6 Å². The van der Waals surface area contributed by atoms with Gasteiger partial charge in [-0.2, -0.15) is 0 Å². The van der Waals surface area contributed by atoms with E-state index in [0.29, 0.717) is 34.4 Å². The Bertz CT molecular complexity index is 1080. The highest BCUT2D eigenvalue weighted by molar-refractivity contribution is 6.05. The van der Waals surface area contributed by atoms with Gasteiger partial charge in [0, 0.05) is 12.1 Å². The van der Waals surface area contributed by atoms with Crippen LogP contribution in [0.25, 0.3) is 0 Å². The monoisotopic (exact) mass is 435 g/mol.